The zero-order valence-electron chi connectivity index (χ0n) is 12.9. The van der Waals surface area contributed by atoms with Crippen LogP contribution in [-0.4, -0.2) is 47.8 Å². The molecule has 0 unspecified atom stereocenters. The van der Waals surface area contributed by atoms with Gasteiger partial charge in [-0.1, -0.05) is 24.3 Å². The van der Waals surface area contributed by atoms with Crippen molar-refractivity contribution in [1.29, 1.82) is 0 Å². The average Bonchev–Trinajstić information content (AvgIpc) is 2.53. The molecule has 1 amide bonds. The number of carbonyl (C=O) groups is 1. The number of nitrogens with zero attached hydrogens (tertiary/aromatic N) is 3. The number of benzene rings is 1. The summed E-state index contributed by atoms with van der Waals surface area (Å²) in [4.78, 5) is 20.3. The van der Waals surface area contributed by atoms with Crippen LogP contribution >= 0.6 is 0 Å². The first kappa shape index (κ1) is 15.4. The standard InChI is InChI=1S/C16H24N4O/c1-3-19(4-2)16(17)18-11-15(21)20-10-9-13-7-5-6-8-14(13)12-20/h5-8H,3-4,9-12H2,1-2H3,(H2,17,18). The van der Waals surface area contributed by atoms with Crippen molar-refractivity contribution in [3.05, 3.63) is 35.4 Å². The van der Waals surface area contributed by atoms with Crippen molar-refractivity contribution in [2.24, 2.45) is 10.7 Å². The molecule has 5 heteroatoms. The largest absolute Gasteiger partial charge is 0.370 e. The molecule has 0 bridgehead atoms. The molecule has 0 aliphatic carbocycles. The molecular formula is C16H24N4O. The van der Waals surface area contributed by atoms with E-state index in [2.05, 4.69) is 17.1 Å². The van der Waals surface area contributed by atoms with Gasteiger partial charge < -0.3 is 15.5 Å². The van der Waals surface area contributed by atoms with Gasteiger partial charge in [0.05, 0.1) is 0 Å². The molecule has 114 valence electrons. The van der Waals surface area contributed by atoms with Gasteiger partial charge in [0.15, 0.2) is 5.96 Å². The summed E-state index contributed by atoms with van der Waals surface area (Å²) in [5, 5.41) is 0. The Morgan fingerprint density at radius 1 is 1.29 bits per heavy atom. The van der Waals surface area contributed by atoms with Crippen molar-refractivity contribution in [2.75, 3.05) is 26.2 Å². The van der Waals surface area contributed by atoms with E-state index in [1.54, 1.807) is 0 Å². The number of carbonyl (C=O) groups excluding carboxylic acids is 1. The monoisotopic (exact) mass is 288 g/mol. The molecule has 21 heavy (non-hydrogen) atoms. The Labute approximate surface area is 126 Å². The SMILES string of the molecule is CCN(CC)C(N)=NCC(=O)N1CCc2ccccc2C1. The zero-order chi connectivity index (χ0) is 15.2. The molecule has 0 atom stereocenters. The van der Waals surface area contributed by atoms with Crippen molar-refractivity contribution in [3.63, 3.8) is 0 Å². The lowest BCUT2D eigenvalue weighted by molar-refractivity contribution is -0.130. The lowest BCUT2D eigenvalue weighted by atomic mass is 10.00. The summed E-state index contributed by atoms with van der Waals surface area (Å²) in [5.41, 5.74) is 8.47. The van der Waals surface area contributed by atoms with Crippen molar-refractivity contribution < 1.29 is 4.79 Å². The molecule has 1 aromatic carbocycles. The van der Waals surface area contributed by atoms with Crippen LogP contribution in [0.5, 0.6) is 0 Å². The molecule has 0 saturated carbocycles. The first-order chi connectivity index (χ1) is 10.2. The van der Waals surface area contributed by atoms with E-state index in [4.69, 9.17) is 5.73 Å². The van der Waals surface area contributed by atoms with Crippen molar-refractivity contribution in [2.45, 2.75) is 26.8 Å². The van der Waals surface area contributed by atoms with E-state index in [0.29, 0.717) is 12.5 Å². The van der Waals surface area contributed by atoms with Crippen LogP contribution in [0.3, 0.4) is 0 Å². The smallest absolute Gasteiger partial charge is 0.244 e. The number of aliphatic imine (C=N–C) groups is 1. The molecular weight excluding hydrogens is 264 g/mol. The highest BCUT2D eigenvalue weighted by atomic mass is 16.2. The van der Waals surface area contributed by atoms with E-state index in [-0.39, 0.29) is 12.5 Å². The second kappa shape index (κ2) is 7.11. The van der Waals surface area contributed by atoms with Crippen LogP contribution in [0.4, 0.5) is 0 Å². The van der Waals surface area contributed by atoms with Gasteiger partial charge in [-0.05, 0) is 31.4 Å². The third-order valence-electron chi connectivity index (χ3n) is 3.95. The predicted octanol–water partition coefficient (Wildman–Crippen LogP) is 1.23. The quantitative estimate of drug-likeness (QED) is 0.669. The fourth-order valence-electron chi connectivity index (χ4n) is 2.60. The Morgan fingerprint density at radius 2 is 1.95 bits per heavy atom. The summed E-state index contributed by atoms with van der Waals surface area (Å²) >= 11 is 0. The van der Waals surface area contributed by atoms with Crippen LogP contribution < -0.4 is 5.73 Å². The van der Waals surface area contributed by atoms with E-state index in [1.165, 1.54) is 11.1 Å². The lowest BCUT2D eigenvalue weighted by Crippen LogP contribution is -2.40. The van der Waals surface area contributed by atoms with Crippen LogP contribution in [0, 0.1) is 0 Å². The first-order valence-electron chi connectivity index (χ1n) is 7.55. The summed E-state index contributed by atoms with van der Waals surface area (Å²) in [6.45, 7) is 7.22. The summed E-state index contributed by atoms with van der Waals surface area (Å²) in [7, 11) is 0. The van der Waals surface area contributed by atoms with Gasteiger partial charge in [0.25, 0.3) is 0 Å². The molecule has 2 rings (SSSR count). The second-order valence-corrected chi connectivity index (χ2v) is 5.18. The summed E-state index contributed by atoms with van der Waals surface area (Å²) in [6, 6.07) is 8.28. The fraction of sp³-hybridized carbons (Fsp3) is 0.500. The van der Waals surface area contributed by atoms with Crippen molar-refractivity contribution >= 4 is 11.9 Å². The van der Waals surface area contributed by atoms with E-state index < -0.39 is 0 Å². The van der Waals surface area contributed by atoms with Gasteiger partial charge in [-0.15, -0.1) is 0 Å². The number of hydrogen-bond acceptors (Lipinski definition) is 2. The Balaban J connectivity index is 1.95. The highest BCUT2D eigenvalue weighted by Crippen LogP contribution is 2.18. The van der Waals surface area contributed by atoms with E-state index in [1.807, 2.05) is 35.8 Å². The Kier molecular flexibility index (Phi) is 5.20. The highest BCUT2D eigenvalue weighted by Gasteiger charge is 2.20. The molecule has 0 radical (unpaired) electrons. The minimum Gasteiger partial charge on any atom is -0.370 e. The average molecular weight is 288 g/mol. The Bertz CT molecular complexity index is 523. The van der Waals surface area contributed by atoms with Gasteiger partial charge >= 0.3 is 0 Å². The van der Waals surface area contributed by atoms with Crippen LogP contribution in [-0.2, 0) is 17.8 Å². The van der Waals surface area contributed by atoms with Gasteiger partial charge in [-0.3, -0.25) is 4.79 Å². The summed E-state index contributed by atoms with van der Waals surface area (Å²) in [5.74, 6) is 0.491. The van der Waals surface area contributed by atoms with Gasteiger partial charge in [0.1, 0.15) is 6.54 Å². The normalized spacial score (nSPS) is 14.8. The fourth-order valence-corrected chi connectivity index (χ4v) is 2.60. The number of rotatable bonds is 4. The lowest BCUT2D eigenvalue weighted by Gasteiger charge is -2.28. The maximum atomic E-state index is 12.3. The maximum absolute atomic E-state index is 12.3. The zero-order valence-corrected chi connectivity index (χ0v) is 12.9. The third kappa shape index (κ3) is 3.74. The highest BCUT2D eigenvalue weighted by molar-refractivity contribution is 5.84. The van der Waals surface area contributed by atoms with Crippen LogP contribution in [0.2, 0.25) is 0 Å². The maximum Gasteiger partial charge on any atom is 0.244 e. The molecule has 1 aliphatic rings. The van der Waals surface area contributed by atoms with E-state index in [9.17, 15) is 4.79 Å². The molecule has 5 nitrogen and oxygen atoms in total. The number of fused-ring (bicyclic) bond motifs is 1. The molecule has 2 N–H and O–H groups in total. The molecule has 1 aliphatic heterocycles. The Morgan fingerprint density at radius 3 is 2.62 bits per heavy atom. The second-order valence-electron chi connectivity index (χ2n) is 5.18. The molecule has 1 aromatic rings. The molecule has 1 heterocycles. The predicted molar refractivity (Wildman–Crippen MR) is 85.0 cm³/mol. The van der Waals surface area contributed by atoms with Gasteiger partial charge in [0, 0.05) is 26.2 Å². The molecule has 0 saturated heterocycles. The van der Waals surface area contributed by atoms with Crippen molar-refractivity contribution in [1.82, 2.24) is 9.80 Å². The van der Waals surface area contributed by atoms with Gasteiger partial charge in [0.2, 0.25) is 5.91 Å². The minimum atomic E-state index is 0.0413. The number of nitrogens with two attached hydrogens (primary N) is 1. The van der Waals surface area contributed by atoms with Gasteiger partial charge in [-0.25, -0.2) is 4.99 Å². The van der Waals surface area contributed by atoms with Crippen molar-refractivity contribution in [3.8, 4) is 0 Å². The van der Waals surface area contributed by atoms with Crippen LogP contribution in [0.25, 0.3) is 0 Å². The van der Waals surface area contributed by atoms with E-state index in [0.717, 1.165) is 26.1 Å². The summed E-state index contributed by atoms with van der Waals surface area (Å²) < 4.78 is 0. The molecule has 0 aromatic heterocycles. The topological polar surface area (TPSA) is 61.9 Å². The first-order valence-corrected chi connectivity index (χ1v) is 7.55. The van der Waals surface area contributed by atoms with Crippen LogP contribution in [0.15, 0.2) is 29.3 Å². The Hall–Kier alpha value is -2.04. The summed E-state index contributed by atoms with van der Waals surface area (Å²) in [6.07, 6.45) is 0.914. The minimum absolute atomic E-state index is 0.0413. The molecule has 0 fully saturated rings. The van der Waals surface area contributed by atoms with Crippen LogP contribution in [0.1, 0.15) is 25.0 Å². The number of amides is 1. The third-order valence-corrected chi connectivity index (χ3v) is 3.95. The molecule has 0 spiro atoms. The van der Waals surface area contributed by atoms with E-state index >= 15 is 0 Å². The van der Waals surface area contributed by atoms with Gasteiger partial charge in [-0.2, -0.15) is 0 Å². The number of hydrogen-bond donors (Lipinski definition) is 1. The number of guanidine groups is 1.